The van der Waals surface area contributed by atoms with Gasteiger partial charge in [-0.3, -0.25) is 14.5 Å². The molecule has 222 valence electrons. The van der Waals surface area contributed by atoms with Crippen LogP contribution in [-0.2, 0) is 17.7 Å². The second-order valence-corrected chi connectivity index (χ2v) is 11.6. The molecule has 0 radical (unpaired) electrons. The molecule has 1 amide bonds. The van der Waals surface area contributed by atoms with E-state index in [1.54, 1.807) is 0 Å². The fourth-order valence-electron chi connectivity index (χ4n) is 6.35. The number of aromatic nitrogens is 1. The zero-order valence-corrected chi connectivity index (χ0v) is 24.9. The standard InChI is InChI=1S/C33H40N4O5/c1-5-37(24-15-25-6-7-26(16-24)41-25)31-18-28(42-27-13-23(14-27)36-8-10-40-11-9-36)17-29(22(31)4)32(38)34-19-30-20(2)12-21(3)35-33(30)39/h6-7,12,15,17-18,23,27H,5,8-11,13-14,16,19H2,1-4H3,(H,34,38)(H,35,39). The van der Waals surface area contributed by atoms with Crippen molar-refractivity contribution in [3.8, 4) is 5.75 Å². The molecule has 3 aromatic rings. The number of likely N-dealkylation sites (N-methyl/N-ethyl adjacent to an activating group) is 1. The normalized spacial score (nSPS) is 20.0. The first-order valence-corrected chi connectivity index (χ1v) is 15.0. The molecule has 1 aliphatic carbocycles. The van der Waals surface area contributed by atoms with Gasteiger partial charge in [-0.1, -0.05) is 0 Å². The lowest BCUT2D eigenvalue weighted by Gasteiger charge is -2.44. The summed E-state index contributed by atoms with van der Waals surface area (Å²) in [4.78, 5) is 33.8. The minimum atomic E-state index is -0.235. The first-order valence-electron chi connectivity index (χ1n) is 15.0. The van der Waals surface area contributed by atoms with Crippen molar-refractivity contribution >= 4 is 17.7 Å². The van der Waals surface area contributed by atoms with Gasteiger partial charge < -0.3 is 29.1 Å². The van der Waals surface area contributed by atoms with E-state index in [0.717, 1.165) is 85.4 Å². The number of H-pyrrole nitrogens is 1. The second-order valence-electron chi connectivity index (χ2n) is 11.6. The fraction of sp³-hybridized carbons (Fsp3) is 0.455. The van der Waals surface area contributed by atoms with Crippen molar-refractivity contribution < 1.29 is 18.7 Å². The largest absolute Gasteiger partial charge is 0.490 e. The summed E-state index contributed by atoms with van der Waals surface area (Å²) < 4.78 is 17.8. The smallest absolute Gasteiger partial charge is 0.253 e. The topological polar surface area (TPSA) is 100 Å². The van der Waals surface area contributed by atoms with E-state index < -0.39 is 0 Å². The molecule has 1 saturated carbocycles. The highest BCUT2D eigenvalue weighted by atomic mass is 16.5. The molecular weight excluding hydrogens is 532 g/mol. The van der Waals surface area contributed by atoms with Gasteiger partial charge in [-0.25, -0.2) is 0 Å². The molecule has 0 atom stereocenters. The number of benzene rings is 1. The summed E-state index contributed by atoms with van der Waals surface area (Å²) in [6, 6.07) is 10.3. The lowest BCUT2D eigenvalue weighted by atomic mass is 9.87. The summed E-state index contributed by atoms with van der Waals surface area (Å²) in [5.41, 5.74) is 5.48. The molecule has 2 aliphatic heterocycles. The second kappa shape index (κ2) is 11.8. The van der Waals surface area contributed by atoms with Gasteiger partial charge >= 0.3 is 0 Å². The third kappa shape index (κ3) is 5.76. The molecule has 42 heavy (non-hydrogen) atoms. The number of nitrogens with one attached hydrogen (secondary N) is 2. The fourth-order valence-corrected chi connectivity index (χ4v) is 6.35. The number of aryl methyl sites for hydroxylation is 2. The Hall–Kier alpha value is -3.82. The Balaban J connectivity index is 1.27. The molecule has 2 bridgehead atoms. The number of pyridine rings is 1. The van der Waals surface area contributed by atoms with Crippen LogP contribution in [0, 0.1) is 20.8 Å². The molecule has 9 nitrogen and oxygen atoms in total. The van der Waals surface area contributed by atoms with Gasteiger partial charge in [0.2, 0.25) is 0 Å². The van der Waals surface area contributed by atoms with Crippen LogP contribution in [0.4, 0.5) is 5.69 Å². The summed E-state index contributed by atoms with van der Waals surface area (Å²) in [7, 11) is 0. The number of fused-ring (bicyclic) bond motifs is 2. The number of furan rings is 1. The summed E-state index contributed by atoms with van der Waals surface area (Å²) in [5.74, 6) is 2.20. The summed E-state index contributed by atoms with van der Waals surface area (Å²) in [6.07, 6.45) is 4.76. The van der Waals surface area contributed by atoms with Crippen molar-refractivity contribution in [2.45, 2.75) is 65.6 Å². The third-order valence-electron chi connectivity index (χ3n) is 8.75. The van der Waals surface area contributed by atoms with E-state index in [0.29, 0.717) is 29.3 Å². The maximum Gasteiger partial charge on any atom is 0.253 e. The van der Waals surface area contributed by atoms with E-state index in [-0.39, 0.29) is 24.1 Å². The first kappa shape index (κ1) is 28.3. The first-order chi connectivity index (χ1) is 20.3. The summed E-state index contributed by atoms with van der Waals surface area (Å²) in [6.45, 7) is 12.2. The summed E-state index contributed by atoms with van der Waals surface area (Å²) >= 11 is 0. The number of ether oxygens (including phenoxy) is 2. The number of rotatable bonds is 9. The van der Waals surface area contributed by atoms with Gasteiger partial charge in [0.1, 0.15) is 23.4 Å². The molecule has 9 heteroatoms. The van der Waals surface area contributed by atoms with Crippen molar-refractivity contribution in [2.75, 3.05) is 37.7 Å². The maximum atomic E-state index is 13.7. The molecule has 3 aliphatic rings. The van der Waals surface area contributed by atoms with E-state index in [1.165, 1.54) is 0 Å². The minimum Gasteiger partial charge on any atom is -0.490 e. The highest BCUT2D eigenvalue weighted by Gasteiger charge is 2.36. The van der Waals surface area contributed by atoms with Crippen LogP contribution in [0.2, 0.25) is 0 Å². The molecule has 2 aromatic heterocycles. The van der Waals surface area contributed by atoms with Gasteiger partial charge in [0, 0.05) is 91.8 Å². The number of anilines is 1. The Kier molecular flexibility index (Phi) is 7.96. The van der Waals surface area contributed by atoms with Crippen LogP contribution in [-0.4, -0.2) is 60.8 Å². The molecular formula is C33H40N4O5. The van der Waals surface area contributed by atoms with Crippen LogP contribution < -0.4 is 20.5 Å². The number of morpholine rings is 1. The Bertz CT molecular complexity index is 1560. The molecule has 1 aromatic carbocycles. The maximum absolute atomic E-state index is 13.7. The number of allylic oxidation sites excluding steroid dienone is 1. The van der Waals surface area contributed by atoms with E-state index in [1.807, 2.05) is 45.0 Å². The number of hydrogen-bond donors (Lipinski definition) is 2. The average molecular weight is 573 g/mol. The molecule has 1 saturated heterocycles. The van der Waals surface area contributed by atoms with Gasteiger partial charge in [-0.05, 0) is 63.1 Å². The Morgan fingerprint density at radius 3 is 2.64 bits per heavy atom. The molecule has 6 rings (SSSR count). The van der Waals surface area contributed by atoms with Gasteiger partial charge in [0.15, 0.2) is 0 Å². The lowest BCUT2D eigenvalue weighted by molar-refractivity contribution is -0.0373. The Morgan fingerprint density at radius 2 is 1.93 bits per heavy atom. The number of carbonyl (C=O) groups is 1. The number of nitrogens with zero attached hydrogens (tertiary/aromatic N) is 2. The molecule has 2 N–H and O–H groups in total. The van der Waals surface area contributed by atoms with E-state index in [4.69, 9.17) is 13.9 Å². The minimum absolute atomic E-state index is 0.0987. The monoisotopic (exact) mass is 572 g/mol. The van der Waals surface area contributed by atoms with Gasteiger partial charge in [0.25, 0.3) is 11.5 Å². The van der Waals surface area contributed by atoms with Crippen molar-refractivity contribution in [3.63, 3.8) is 0 Å². The SMILES string of the molecule is CCN(C1=Cc2ccc(o2)C1)c1cc(OC2CC(N3CCOCC3)C2)cc(C(=O)NCc2c(C)cc(C)[nH]c2=O)c1C. The van der Waals surface area contributed by atoms with E-state index in [9.17, 15) is 9.59 Å². The Morgan fingerprint density at radius 1 is 1.14 bits per heavy atom. The third-order valence-corrected chi connectivity index (χ3v) is 8.75. The van der Waals surface area contributed by atoms with Gasteiger partial charge in [-0.15, -0.1) is 0 Å². The highest BCUT2D eigenvalue weighted by molar-refractivity contribution is 5.98. The van der Waals surface area contributed by atoms with Crippen LogP contribution >= 0.6 is 0 Å². The predicted molar refractivity (Wildman–Crippen MR) is 162 cm³/mol. The molecule has 0 unspecified atom stereocenters. The van der Waals surface area contributed by atoms with Crippen LogP contribution in [0.3, 0.4) is 0 Å². The zero-order chi connectivity index (χ0) is 29.4. The molecule has 4 heterocycles. The van der Waals surface area contributed by atoms with E-state index in [2.05, 4.69) is 39.2 Å². The molecule has 0 spiro atoms. The van der Waals surface area contributed by atoms with Crippen LogP contribution in [0.1, 0.15) is 64.0 Å². The van der Waals surface area contributed by atoms with Crippen LogP contribution in [0.5, 0.6) is 5.75 Å². The highest BCUT2D eigenvalue weighted by Crippen LogP contribution is 2.37. The quantitative estimate of drug-likeness (QED) is 0.390. The zero-order valence-electron chi connectivity index (χ0n) is 24.9. The molecule has 2 fully saturated rings. The van der Waals surface area contributed by atoms with Gasteiger partial charge in [0.05, 0.1) is 13.2 Å². The number of hydrogen-bond acceptors (Lipinski definition) is 7. The summed E-state index contributed by atoms with van der Waals surface area (Å²) in [5, 5.41) is 3.00. The number of aromatic amines is 1. The lowest BCUT2D eigenvalue weighted by Crippen LogP contribution is -2.52. The number of amides is 1. The van der Waals surface area contributed by atoms with Crippen molar-refractivity contribution in [1.29, 1.82) is 0 Å². The van der Waals surface area contributed by atoms with Gasteiger partial charge in [-0.2, -0.15) is 0 Å². The van der Waals surface area contributed by atoms with Crippen LogP contribution in [0.15, 0.2) is 45.2 Å². The van der Waals surface area contributed by atoms with E-state index >= 15 is 0 Å². The predicted octanol–water partition coefficient (Wildman–Crippen LogP) is 4.49. The van der Waals surface area contributed by atoms with Crippen LogP contribution in [0.25, 0.3) is 6.08 Å². The van der Waals surface area contributed by atoms with Crippen molar-refractivity contribution in [3.05, 3.63) is 85.9 Å². The average Bonchev–Trinajstić information content (AvgIpc) is 3.29. The Labute approximate surface area is 246 Å². The number of carbonyl (C=O) groups excluding carboxylic acids is 1. The van der Waals surface area contributed by atoms with Crippen molar-refractivity contribution in [1.82, 2.24) is 15.2 Å². The van der Waals surface area contributed by atoms with Crippen molar-refractivity contribution in [2.24, 2.45) is 0 Å².